The highest BCUT2D eigenvalue weighted by molar-refractivity contribution is 7.93. The maximum Gasteiger partial charge on any atom is 0.474 e. The summed E-state index contributed by atoms with van der Waals surface area (Å²) in [5, 5.41) is 13.4. The van der Waals surface area contributed by atoms with E-state index in [4.69, 9.17) is 32.5 Å². The Morgan fingerprint density at radius 1 is 0.886 bits per heavy atom. The van der Waals surface area contributed by atoms with Crippen LogP contribution in [0.3, 0.4) is 0 Å². The Kier molecular flexibility index (Phi) is 15.7. The van der Waals surface area contributed by atoms with Gasteiger partial charge in [-0.1, -0.05) is 6.07 Å². The second-order valence-corrected chi connectivity index (χ2v) is 12.7. The Labute approximate surface area is 258 Å². The molecule has 44 heavy (non-hydrogen) atoms. The smallest absolute Gasteiger partial charge is 0.474 e. The van der Waals surface area contributed by atoms with Crippen molar-refractivity contribution in [2.24, 2.45) is 0 Å². The Morgan fingerprint density at radius 3 is 2.07 bits per heavy atom. The second kappa shape index (κ2) is 18.6. The molecule has 15 heteroatoms. The fourth-order valence-electron chi connectivity index (χ4n) is 3.90. The van der Waals surface area contributed by atoms with Crippen LogP contribution in [0.15, 0.2) is 35.7 Å². The lowest BCUT2D eigenvalue weighted by atomic mass is 10.1. The number of rotatable bonds is 21. The minimum absolute atomic E-state index is 0.117. The van der Waals surface area contributed by atoms with Crippen molar-refractivity contribution in [2.75, 3.05) is 59.6 Å². The highest BCUT2D eigenvalue weighted by atomic mass is 32.2. The third kappa shape index (κ3) is 12.1. The molecule has 0 aliphatic heterocycles. The number of benzene rings is 2. The molecular weight excluding hydrogens is 617 g/mol. The van der Waals surface area contributed by atoms with Gasteiger partial charge in [0.2, 0.25) is 0 Å². The monoisotopic (exact) mass is 659 g/mol. The van der Waals surface area contributed by atoms with Crippen LogP contribution in [0.2, 0.25) is 0 Å². The molecule has 0 amide bonds. The number of phosphoric ester groups is 1. The van der Waals surface area contributed by atoms with E-state index in [0.717, 1.165) is 5.41 Å². The fourth-order valence-corrected chi connectivity index (χ4v) is 6.19. The number of aliphatic hydroxyl groups is 1. The molecule has 2 N–H and O–H groups in total. The van der Waals surface area contributed by atoms with Gasteiger partial charge in [0.25, 0.3) is 0 Å². The van der Waals surface area contributed by atoms with Crippen LogP contribution in [0.1, 0.15) is 43.4 Å². The molecule has 0 aliphatic carbocycles. The summed E-state index contributed by atoms with van der Waals surface area (Å²) in [5.41, 5.74) is 1.84. The van der Waals surface area contributed by atoms with Crippen LogP contribution in [0.5, 0.6) is 17.2 Å². The van der Waals surface area contributed by atoms with Crippen molar-refractivity contribution in [1.29, 1.82) is 0 Å². The number of ether oxygens (including phenoxy) is 4. The normalized spacial score (nSPS) is 11.9. The minimum Gasteiger partial charge on any atom is -0.496 e. The van der Waals surface area contributed by atoms with Crippen molar-refractivity contribution in [3.63, 3.8) is 0 Å². The van der Waals surface area contributed by atoms with Gasteiger partial charge in [0.15, 0.2) is 9.84 Å². The number of unbranched alkanes of at least 4 members (excludes halogenated alkanes) is 1. The molecule has 2 aromatic carbocycles. The summed E-state index contributed by atoms with van der Waals surface area (Å²) < 4.78 is 74.8. The van der Waals surface area contributed by atoms with Crippen LogP contribution in [0.4, 0.5) is 5.69 Å². The zero-order valence-corrected chi connectivity index (χ0v) is 27.4. The summed E-state index contributed by atoms with van der Waals surface area (Å²) >= 11 is 0. The summed E-state index contributed by atoms with van der Waals surface area (Å²) in [6.45, 7) is 3.58. The summed E-state index contributed by atoms with van der Waals surface area (Å²) in [7, 11) is -2.99. The molecule has 246 valence electrons. The Bertz CT molecular complexity index is 1360. The molecule has 0 saturated carbocycles. The van der Waals surface area contributed by atoms with Crippen LogP contribution in [-0.4, -0.2) is 73.8 Å². The van der Waals surface area contributed by atoms with Crippen molar-refractivity contribution in [1.82, 2.24) is 0 Å². The minimum atomic E-state index is -3.75. The first kappa shape index (κ1) is 37.1. The predicted molar refractivity (Wildman–Crippen MR) is 166 cm³/mol. The van der Waals surface area contributed by atoms with E-state index in [1.54, 1.807) is 44.2 Å². The number of anilines is 1. The molecule has 0 heterocycles. The van der Waals surface area contributed by atoms with E-state index in [1.165, 1.54) is 27.4 Å². The lowest BCUT2D eigenvalue weighted by molar-refractivity contribution is -0.141. The Hall–Kier alpha value is -3.13. The van der Waals surface area contributed by atoms with Crippen LogP contribution in [0, 0.1) is 0 Å². The number of hydrogen-bond donors (Lipinski definition) is 2. The number of hydrogen-bond acceptors (Lipinski definition) is 13. The van der Waals surface area contributed by atoms with E-state index in [2.05, 4.69) is 5.32 Å². The fraction of sp³-hybridized carbons (Fsp3) is 0.483. The van der Waals surface area contributed by atoms with Gasteiger partial charge in [-0.15, -0.1) is 0 Å². The molecule has 2 rings (SSSR count). The highest BCUT2D eigenvalue weighted by Gasteiger charge is 2.24. The molecular formula is C29H42NO12PS. The van der Waals surface area contributed by atoms with E-state index in [9.17, 15) is 22.9 Å². The van der Waals surface area contributed by atoms with Crippen molar-refractivity contribution >= 4 is 35.4 Å². The van der Waals surface area contributed by atoms with Crippen molar-refractivity contribution in [3.8, 4) is 17.2 Å². The molecule has 0 aromatic heterocycles. The van der Waals surface area contributed by atoms with Crippen LogP contribution in [0.25, 0.3) is 6.08 Å². The van der Waals surface area contributed by atoms with E-state index < -0.39 is 23.6 Å². The quantitative estimate of drug-likeness (QED) is 0.108. The van der Waals surface area contributed by atoms with Crippen molar-refractivity contribution in [3.05, 3.63) is 52.4 Å². The third-order valence-electron chi connectivity index (χ3n) is 5.91. The van der Waals surface area contributed by atoms with Crippen molar-refractivity contribution in [2.45, 2.75) is 39.0 Å². The molecule has 13 nitrogen and oxygen atoms in total. The third-order valence-corrected chi connectivity index (χ3v) is 8.84. The maximum atomic E-state index is 13.0. The Morgan fingerprint density at radius 2 is 1.50 bits per heavy atom. The van der Waals surface area contributed by atoms with Gasteiger partial charge in [0, 0.05) is 5.41 Å². The Balaban J connectivity index is 1.96. The summed E-state index contributed by atoms with van der Waals surface area (Å²) in [5.74, 6) is 0.263. The number of sulfone groups is 1. The average molecular weight is 660 g/mol. The van der Waals surface area contributed by atoms with E-state index in [-0.39, 0.29) is 45.3 Å². The predicted octanol–water partition coefficient (Wildman–Crippen LogP) is 4.72. The SMILES string of the molecule is CCOP(=O)(OCC)OCCCCOC(=O)CNc1cc(CS(=O)(=O)C=Cc2c(OC)cc(CO)cc2OC)ccc1OC. The van der Waals surface area contributed by atoms with Crippen LogP contribution in [-0.2, 0) is 49.9 Å². The maximum absolute atomic E-state index is 13.0. The summed E-state index contributed by atoms with van der Waals surface area (Å²) in [6, 6.07) is 8.00. The summed E-state index contributed by atoms with van der Waals surface area (Å²) in [4.78, 5) is 12.3. The van der Waals surface area contributed by atoms with Gasteiger partial charge in [0.05, 0.1) is 71.4 Å². The molecule has 0 spiro atoms. The second-order valence-electron chi connectivity index (χ2n) is 9.11. The first-order chi connectivity index (χ1) is 21.0. The molecule has 0 saturated heterocycles. The number of aliphatic hydroxyl groups excluding tert-OH is 1. The van der Waals surface area contributed by atoms with Gasteiger partial charge in [0.1, 0.15) is 23.8 Å². The molecule has 0 fully saturated rings. The van der Waals surface area contributed by atoms with Crippen LogP contribution < -0.4 is 19.5 Å². The number of carbonyl (C=O) groups excluding carboxylic acids is 1. The standard InChI is InChI=1S/C29H42NO12PS/c1-6-40-43(33,41-7-2)42-14-9-8-13-39-29(32)19-30-25-16-22(10-11-26(25)36-3)21-44(34,35)15-12-24-27(37-4)17-23(20-31)18-28(24)38-5/h10-12,15-18,30-31H,6-9,13-14,19-21H2,1-5H3. The van der Waals surface area contributed by atoms with E-state index in [1.807, 2.05) is 0 Å². The zero-order chi connectivity index (χ0) is 32.6. The number of methoxy groups -OCH3 is 3. The van der Waals surface area contributed by atoms with Gasteiger partial charge in [-0.3, -0.25) is 18.4 Å². The number of phosphoric acid groups is 1. The number of esters is 1. The summed E-state index contributed by atoms with van der Waals surface area (Å²) in [6.07, 6.45) is 2.32. The molecule has 0 unspecified atom stereocenters. The zero-order valence-electron chi connectivity index (χ0n) is 25.7. The molecule has 0 atom stereocenters. The van der Waals surface area contributed by atoms with E-state index in [0.29, 0.717) is 52.5 Å². The topological polar surface area (TPSA) is 165 Å². The molecule has 0 bridgehead atoms. The van der Waals surface area contributed by atoms with Gasteiger partial charge in [-0.05, 0) is 68.2 Å². The average Bonchev–Trinajstić information content (AvgIpc) is 3.00. The van der Waals surface area contributed by atoms with Gasteiger partial charge in [-0.2, -0.15) is 0 Å². The number of nitrogens with one attached hydrogen (secondary N) is 1. The largest absolute Gasteiger partial charge is 0.496 e. The van der Waals surface area contributed by atoms with Gasteiger partial charge >= 0.3 is 13.8 Å². The van der Waals surface area contributed by atoms with E-state index >= 15 is 0 Å². The molecule has 2 aromatic rings. The molecule has 0 radical (unpaired) electrons. The lowest BCUT2D eigenvalue weighted by Gasteiger charge is -2.16. The van der Waals surface area contributed by atoms with Crippen LogP contribution >= 0.6 is 7.82 Å². The molecule has 0 aliphatic rings. The first-order valence-electron chi connectivity index (χ1n) is 13.9. The first-order valence-corrected chi connectivity index (χ1v) is 17.1. The van der Waals surface area contributed by atoms with Gasteiger partial charge in [-0.25, -0.2) is 13.0 Å². The van der Waals surface area contributed by atoms with Gasteiger partial charge < -0.3 is 29.4 Å². The van der Waals surface area contributed by atoms with Crippen molar-refractivity contribution < 1.29 is 55.4 Å². The highest BCUT2D eigenvalue weighted by Crippen LogP contribution is 2.49. The lowest BCUT2D eigenvalue weighted by Crippen LogP contribution is -2.18. The number of carbonyl (C=O) groups is 1.